The first-order valence-electron chi connectivity index (χ1n) is 16.1. The van der Waals surface area contributed by atoms with E-state index >= 15 is 0 Å². The first-order valence-corrected chi connectivity index (χ1v) is 16.6. The van der Waals surface area contributed by atoms with E-state index in [2.05, 4.69) is 54.8 Å². The molecule has 0 aliphatic carbocycles. The molecular formula is C29H50N8O14S. The number of nitrogens with one attached hydrogen (secondary N) is 8. The second kappa shape index (κ2) is 26.4. The SMILES string of the molecule is CC(=O)[C@H](CCCCNC(=O)CNC(=O)[C@H](CO)NC(=O)[C@H](CO)NC(=O)CNC(=O)[C@H](CO)NC(=O)[C@H](CO)NC(=O)CC[C@H](C)C(=O)O)NS. The molecule has 0 aromatic rings. The van der Waals surface area contributed by atoms with E-state index in [9.17, 15) is 63.6 Å². The van der Waals surface area contributed by atoms with E-state index in [4.69, 9.17) is 5.11 Å². The van der Waals surface area contributed by atoms with Gasteiger partial charge in [-0.3, -0.25) is 47.9 Å². The van der Waals surface area contributed by atoms with Crippen molar-refractivity contribution < 1.29 is 68.7 Å². The van der Waals surface area contributed by atoms with Gasteiger partial charge in [-0.2, -0.15) is 0 Å². The Balaban J connectivity index is 4.82. The Labute approximate surface area is 304 Å². The summed E-state index contributed by atoms with van der Waals surface area (Å²) in [5, 5.41) is 62.4. The van der Waals surface area contributed by atoms with Gasteiger partial charge in [0.15, 0.2) is 0 Å². The van der Waals surface area contributed by atoms with Gasteiger partial charge in [0.2, 0.25) is 41.4 Å². The number of ketones is 1. The van der Waals surface area contributed by atoms with Gasteiger partial charge in [0.05, 0.1) is 51.5 Å². The van der Waals surface area contributed by atoms with Gasteiger partial charge in [0.25, 0.3) is 0 Å². The van der Waals surface area contributed by atoms with Gasteiger partial charge in [0.1, 0.15) is 30.0 Å². The Morgan fingerprint density at radius 2 is 1.00 bits per heavy atom. The number of aliphatic carboxylic acids is 1. The van der Waals surface area contributed by atoms with Gasteiger partial charge >= 0.3 is 5.97 Å². The molecule has 296 valence electrons. The van der Waals surface area contributed by atoms with Crippen LogP contribution in [0.25, 0.3) is 0 Å². The standard InChI is InChI=1S/C29H50N8O14S/c1-15(29(50)51)6-7-22(43)33-20(13-40)27(48)35-19(12-39)26(47)32-10-24(45)34-21(14-41)28(49)36-18(11-38)25(46)31-9-23(44)30-8-4-3-5-17(37-52)16(2)42/h15,17-21,37-41,52H,3-14H2,1-2H3,(H,30,44)(H,31,46)(H,32,47)(H,33,43)(H,34,45)(H,35,48)(H,36,49)(H,50,51)/t15-,17-,18-,19-,20-,21-/m0/s1. The number of hydrogen-bond acceptors (Lipinski definition) is 15. The number of carboxylic acid groups (broad SMARTS) is 1. The molecule has 22 nitrogen and oxygen atoms in total. The molecule has 0 aliphatic heterocycles. The van der Waals surface area contributed by atoms with Crippen LogP contribution in [0, 0.1) is 5.92 Å². The zero-order chi connectivity index (χ0) is 39.8. The van der Waals surface area contributed by atoms with Gasteiger partial charge in [-0.05, 0) is 32.6 Å². The fourth-order valence-electron chi connectivity index (χ4n) is 4.01. The largest absolute Gasteiger partial charge is 0.481 e. The van der Waals surface area contributed by atoms with Crippen LogP contribution in [0.2, 0.25) is 0 Å². The molecule has 0 fully saturated rings. The third kappa shape index (κ3) is 19.3. The number of unbranched alkanes of at least 4 members (excludes halogenated alkanes) is 1. The number of carbonyl (C=O) groups is 9. The molecule has 0 spiro atoms. The molecule has 0 saturated heterocycles. The predicted octanol–water partition coefficient (Wildman–Crippen LogP) is -6.69. The molecule has 7 amide bonds. The third-order valence-electron chi connectivity index (χ3n) is 7.26. The van der Waals surface area contributed by atoms with Crippen molar-refractivity contribution in [2.24, 2.45) is 5.92 Å². The normalized spacial score (nSPS) is 14.2. The van der Waals surface area contributed by atoms with E-state index in [0.717, 1.165) is 0 Å². The van der Waals surface area contributed by atoms with Crippen molar-refractivity contribution in [3.8, 4) is 0 Å². The summed E-state index contributed by atoms with van der Waals surface area (Å²) in [6, 6.07) is -6.90. The third-order valence-corrected chi connectivity index (χ3v) is 7.57. The highest BCUT2D eigenvalue weighted by atomic mass is 32.1. The van der Waals surface area contributed by atoms with Crippen molar-refractivity contribution in [1.29, 1.82) is 0 Å². The lowest BCUT2D eigenvalue weighted by atomic mass is 10.1. The number of aliphatic hydroxyl groups is 4. The van der Waals surface area contributed by atoms with Crippen LogP contribution in [-0.4, -0.2) is 155 Å². The Morgan fingerprint density at radius 3 is 1.42 bits per heavy atom. The predicted molar refractivity (Wildman–Crippen MR) is 182 cm³/mol. The molecule has 0 bridgehead atoms. The maximum Gasteiger partial charge on any atom is 0.306 e. The number of carboxylic acids is 1. The summed E-state index contributed by atoms with van der Waals surface area (Å²) >= 11 is 3.88. The summed E-state index contributed by atoms with van der Waals surface area (Å²) in [5.41, 5.74) is 0. The van der Waals surface area contributed by atoms with Crippen molar-refractivity contribution in [3.63, 3.8) is 0 Å². The Morgan fingerprint density at radius 1 is 0.558 bits per heavy atom. The minimum absolute atomic E-state index is 0.0512. The smallest absolute Gasteiger partial charge is 0.306 e. The second-order valence-electron chi connectivity index (χ2n) is 11.4. The molecular weight excluding hydrogens is 716 g/mol. The van der Waals surface area contributed by atoms with Crippen LogP contribution in [0.3, 0.4) is 0 Å². The summed E-state index contributed by atoms with van der Waals surface area (Å²) < 4.78 is 2.58. The van der Waals surface area contributed by atoms with Crippen molar-refractivity contribution in [1.82, 2.24) is 41.9 Å². The highest BCUT2D eigenvalue weighted by molar-refractivity contribution is 7.78. The van der Waals surface area contributed by atoms with Crippen LogP contribution in [0.4, 0.5) is 0 Å². The monoisotopic (exact) mass is 766 g/mol. The second-order valence-corrected chi connectivity index (χ2v) is 11.7. The zero-order valence-corrected chi connectivity index (χ0v) is 29.7. The quantitative estimate of drug-likeness (QED) is 0.0273. The van der Waals surface area contributed by atoms with Crippen LogP contribution in [0.5, 0.6) is 0 Å². The molecule has 0 aliphatic rings. The summed E-state index contributed by atoms with van der Waals surface area (Å²) in [7, 11) is 0. The number of carbonyl (C=O) groups excluding carboxylic acids is 8. The highest BCUT2D eigenvalue weighted by Crippen LogP contribution is 2.05. The number of rotatable bonds is 27. The molecule has 23 heteroatoms. The van der Waals surface area contributed by atoms with E-state index in [1.165, 1.54) is 13.8 Å². The van der Waals surface area contributed by atoms with E-state index in [1.807, 2.05) is 0 Å². The molecule has 0 heterocycles. The number of Topliss-reactive ketones (excluding diaryl/α,β-unsaturated/α-hetero) is 1. The van der Waals surface area contributed by atoms with Gasteiger partial charge in [-0.15, -0.1) is 0 Å². The van der Waals surface area contributed by atoms with Crippen LogP contribution in [0.15, 0.2) is 0 Å². The van der Waals surface area contributed by atoms with E-state index in [0.29, 0.717) is 19.3 Å². The fourth-order valence-corrected chi connectivity index (χ4v) is 4.32. The lowest BCUT2D eigenvalue weighted by Crippen LogP contribution is -2.58. The number of amides is 7. The van der Waals surface area contributed by atoms with E-state index < -0.39 is 123 Å². The average Bonchev–Trinajstić information content (AvgIpc) is 3.11. The maximum atomic E-state index is 12.6. The van der Waals surface area contributed by atoms with E-state index in [1.54, 1.807) is 0 Å². The highest BCUT2D eigenvalue weighted by Gasteiger charge is 2.29. The average molecular weight is 767 g/mol. The lowest BCUT2D eigenvalue weighted by molar-refractivity contribution is -0.141. The summed E-state index contributed by atoms with van der Waals surface area (Å²) in [5.74, 6) is -8.68. The maximum absolute atomic E-state index is 12.6. The van der Waals surface area contributed by atoms with Crippen LogP contribution in [-0.2, 0) is 43.2 Å². The summed E-state index contributed by atoms with van der Waals surface area (Å²) in [6.07, 6.45) is 1.32. The first kappa shape index (κ1) is 47.6. The van der Waals surface area contributed by atoms with Crippen molar-refractivity contribution in [2.45, 2.75) is 76.2 Å². The van der Waals surface area contributed by atoms with Crippen LogP contribution < -0.4 is 41.9 Å². The zero-order valence-electron chi connectivity index (χ0n) is 28.8. The molecule has 0 aromatic heterocycles. The van der Waals surface area contributed by atoms with Crippen LogP contribution in [0.1, 0.15) is 46.0 Å². The molecule has 0 unspecified atom stereocenters. The molecule has 0 rings (SSSR count). The minimum atomic E-state index is -1.67. The molecule has 13 N–H and O–H groups in total. The first-order chi connectivity index (χ1) is 24.5. The Hall–Kier alpha value is -4.42. The number of hydrogen-bond donors (Lipinski definition) is 14. The number of thiol groups is 1. The Kier molecular flexibility index (Phi) is 24.1. The van der Waals surface area contributed by atoms with Crippen molar-refractivity contribution in [3.05, 3.63) is 0 Å². The molecule has 6 atom stereocenters. The van der Waals surface area contributed by atoms with Gasteiger partial charge < -0.3 is 62.8 Å². The summed E-state index contributed by atoms with van der Waals surface area (Å²) in [4.78, 5) is 109. The molecule has 0 aromatic carbocycles. The Bertz CT molecular complexity index is 1240. The molecule has 0 radical (unpaired) electrons. The summed E-state index contributed by atoms with van der Waals surface area (Å²) in [6.45, 7) is -2.08. The molecule has 52 heavy (non-hydrogen) atoms. The van der Waals surface area contributed by atoms with Crippen molar-refractivity contribution in [2.75, 3.05) is 46.1 Å². The van der Waals surface area contributed by atoms with Gasteiger partial charge in [0, 0.05) is 13.0 Å². The lowest BCUT2D eigenvalue weighted by Gasteiger charge is -2.22. The van der Waals surface area contributed by atoms with Gasteiger partial charge in [-0.1, -0.05) is 19.7 Å². The minimum Gasteiger partial charge on any atom is -0.481 e. The van der Waals surface area contributed by atoms with Gasteiger partial charge in [-0.25, -0.2) is 0 Å². The van der Waals surface area contributed by atoms with Crippen molar-refractivity contribution >= 4 is 65.9 Å². The molecule has 0 saturated carbocycles. The topological polar surface area (TPSA) is 351 Å². The van der Waals surface area contributed by atoms with Crippen LogP contribution >= 0.6 is 12.8 Å². The van der Waals surface area contributed by atoms with E-state index in [-0.39, 0.29) is 25.2 Å². The number of aliphatic hydroxyl groups excluding tert-OH is 4. The fraction of sp³-hybridized carbons (Fsp3) is 0.690.